The summed E-state index contributed by atoms with van der Waals surface area (Å²) < 4.78 is 0. The first-order chi connectivity index (χ1) is 6.16. The van der Waals surface area contributed by atoms with Gasteiger partial charge in [0.2, 0.25) is 0 Å². The minimum absolute atomic E-state index is 0.683. The molecule has 74 valence electrons. The summed E-state index contributed by atoms with van der Waals surface area (Å²) in [5.74, 6) is 4.59. The number of hydrogen-bond donors (Lipinski definition) is 0. The minimum Gasteiger partial charge on any atom is -0.0599 e. The summed E-state index contributed by atoms with van der Waals surface area (Å²) in [6.07, 6.45) is 9.35. The molecule has 3 fully saturated rings. The summed E-state index contributed by atoms with van der Waals surface area (Å²) in [4.78, 5) is 0. The van der Waals surface area contributed by atoms with Gasteiger partial charge >= 0.3 is 0 Å². The third-order valence-corrected chi connectivity index (χ3v) is 5.08. The van der Waals surface area contributed by atoms with E-state index in [0.29, 0.717) is 5.41 Å². The van der Waals surface area contributed by atoms with Crippen molar-refractivity contribution in [2.24, 2.45) is 29.1 Å². The molecule has 13 heavy (non-hydrogen) atoms. The predicted molar refractivity (Wildman–Crippen MR) is 55.4 cm³/mol. The number of hydrogen-bond acceptors (Lipinski definition) is 0. The molecule has 0 nitrogen and oxygen atoms in total. The Morgan fingerprint density at radius 1 is 0.923 bits per heavy atom. The second-order valence-electron chi connectivity index (χ2n) is 6.59. The highest BCUT2D eigenvalue weighted by molar-refractivity contribution is 5.01. The second kappa shape index (κ2) is 2.52. The van der Waals surface area contributed by atoms with E-state index in [9.17, 15) is 0 Å². The van der Waals surface area contributed by atoms with Crippen molar-refractivity contribution in [1.29, 1.82) is 0 Å². The molecule has 0 heteroatoms. The van der Waals surface area contributed by atoms with Crippen LogP contribution in [0.2, 0.25) is 0 Å². The topological polar surface area (TPSA) is 0 Å². The van der Waals surface area contributed by atoms with Crippen LogP contribution in [0.5, 0.6) is 0 Å². The van der Waals surface area contributed by atoms with E-state index in [-0.39, 0.29) is 0 Å². The average molecular weight is 178 g/mol. The van der Waals surface area contributed by atoms with E-state index >= 15 is 0 Å². The standard InChI is InChI=1S/C13H22/c1-13(2)7-10-6-9-4-3-5-11(9)12(10)8-13/h9-12H,3-8H2,1-2H3/t9?,10-,11?,12+/m0/s1. The molecule has 3 aliphatic rings. The summed E-state index contributed by atoms with van der Waals surface area (Å²) in [6.45, 7) is 4.96. The van der Waals surface area contributed by atoms with Crippen LogP contribution >= 0.6 is 0 Å². The second-order valence-corrected chi connectivity index (χ2v) is 6.59. The smallest absolute Gasteiger partial charge is 0.0349 e. The molecule has 0 aromatic heterocycles. The molecule has 0 aromatic carbocycles. The van der Waals surface area contributed by atoms with Gasteiger partial charge in [-0.25, -0.2) is 0 Å². The van der Waals surface area contributed by atoms with Crippen molar-refractivity contribution in [3.8, 4) is 0 Å². The zero-order valence-electron chi connectivity index (χ0n) is 9.05. The Morgan fingerprint density at radius 3 is 2.62 bits per heavy atom. The van der Waals surface area contributed by atoms with E-state index in [4.69, 9.17) is 0 Å². The molecule has 0 spiro atoms. The van der Waals surface area contributed by atoms with Crippen LogP contribution in [-0.4, -0.2) is 0 Å². The van der Waals surface area contributed by atoms with Gasteiger partial charge in [0.15, 0.2) is 0 Å². The van der Waals surface area contributed by atoms with Crippen molar-refractivity contribution in [2.45, 2.75) is 52.4 Å². The normalized spacial score (nSPS) is 52.2. The van der Waals surface area contributed by atoms with Gasteiger partial charge in [0.25, 0.3) is 0 Å². The Labute approximate surface area is 82.1 Å². The molecule has 0 bridgehead atoms. The van der Waals surface area contributed by atoms with Crippen LogP contribution in [0.4, 0.5) is 0 Å². The van der Waals surface area contributed by atoms with Gasteiger partial charge in [-0.2, -0.15) is 0 Å². The van der Waals surface area contributed by atoms with Crippen LogP contribution in [0.3, 0.4) is 0 Å². The van der Waals surface area contributed by atoms with Crippen LogP contribution in [0, 0.1) is 29.1 Å². The molecule has 0 radical (unpaired) electrons. The zero-order valence-corrected chi connectivity index (χ0v) is 9.05. The maximum Gasteiger partial charge on any atom is -0.0349 e. The predicted octanol–water partition coefficient (Wildman–Crippen LogP) is 3.86. The van der Waals surface area contributed by atoms with Gasteiger partial charge in [0.05, 0.1) is 0 Å². The van der Waals surface area contributed by atoms with E-state index in [1.165, 1.54) is 6.42 Å². The molecule has 3 saturated carbocycles. The molecule has 0 aromatic rings. The Bertz CT molecular complexity index is 216. The molecule has 0 saturated heterocycles. The Balaban J connectivity index is 1.81. The monoisotopic (exact) mass is 178 g/mol. The highest BCUT2D eigenvalue weighted by atomic mass is 14.6. The van der Waals surface area contributed by atoms with Crippen molar-refractivity contribution in [3.05, 3.63) is 0 Å². The van der Waals surface area contributed by atoms with Gasteiger partial charge in [-0.05, 0) is 54.8 Å². The number of rotatable bonds is 0. The largest absolute Gasteiger partial charge is 0.0599 e. The molecule has 0 N–H and O–H groups in total. The fourth-order valence-electron chi connectivity index (χ4n) is 4.82. The highest BCUT2D eigenvalue weighted by Crippen LogP contribution is 2.60. The molecule has 0 aliphatic heterocycles. The highest BCUT2D eigenvalue weighted by Gasteiger charge is 2.51. The first-order valence-corrected chi connectivity index (χ1v) is 6.16. The van der Waals surface area contributed by atoms with Gasteiger partial charge in [-0.3, -0.25) is 0 Å². The van der Waals surface area contributed by atoms with Crippen molar-refractivity contribution < 1.29 is 0 Å². The quantitative estimate of drug-likeness (QED) is 0.528. The van der Waals surface area contributed by atoms with Crippen LogP contribution in [-0.2, 0) is 0 Å². The maximum absolute atomic E-state index is 2.48. The van der Waals surface area contributed by atoms with Crippen molar-refractivity contribution >= 4 is 0 Å². The Hall–Kier alpha value is 0. The van der Waals surface area contributed by atoms with Crippen LogP contribution in [0.25, 0.3) is 0 Å². The fourth-order valence-corrected chi connectivity index (χ4v) is 4.82. The molecule has 3 rings (SSSR count). The average Bonchev–Trinajstić information content (AvgIpc) is 2.58. The van der Waals surface area contributed by atoms with E-state index in [1.807, 2.05) is 0 Å². The van der Waals surface area contributed by atoms with Crippen LogP contribution < -0.4 is 0 Å². The third-order valence-electron chi connectivity index (χ3n) is 5.08. The van der Waals surface area contributed by atoms with Gasteiger partial charge in [0, 0.05) is 0 Å². The molecular formula is C13H22. The van der Waals surface area contributed by atoms with E-state index in [2.05, 4.69) is 13.8 Å². The minimum atomic E-state index is 0.683. The SMILES string of the molecule is CC1(C)C[C@@H]2CC3CCCC3[C@@H]2C1. The summed E-state index contributed by atoms with van der Waals surface area (Å²) in [5, 5.41) is 0. The summed E-state index contributed by atoms with van der Waals surface area (Å²) in [6, 6.07) is 0. The van der Waals surface area contributed by atoms with E-state index < -0.39 is 0 Å². The van der Waals surface area contributed by atoms with E-state index in [0.717, 1.165) is 23.7 Å². The van der Waals surface area contributed by atoms with Gasteiger partial charge in [-0.15, -0.1) is 0 Å². The van der Waals surface area contributed by atoms with Crippen molar-refractivity contribution in [1.82, 2.24) is 0 Å². The van der Waals surface area contributed by atoms with Gasteiger partial charge in [-0.1, -0.05) is 26.7 Å². The van der Waals surface area contributed by atoms with Crippen LogP contribution in [0.1, 0.15) is 52.4 Å². The first-order valence-electron chi connectivity index (χ1n) is 6.16. The molecule has 4 atom stereocenters. The van der Waals surface area contributed by atoms with Crippen LogP contribution in [0.15, 0.2) is 0 Å². The molecule has 2 unspecified atom stereocenters. The first kappa shape index (κ1) is 8.32. The summed E-state index contributed by atoms with van der Waals surface area (Å²) in [5.41, 5.74) is 0.683. The summed E-state index contributed by atoms with van der Waals surface area (Å²) >= 11 is 0. The molecule has 0 amide bonds. The maximum atomic E-state index is 2.48. The summed E-state index contributed by atoms with van der Waals surface area (Å²) in [7, 11) is 0. The molecule has 0 heterocycles. The molecule has 3 aliphatic carbocycles. The van der Waals surface area contributed by atoms with Crippen molar-refractivity contribution in [2.75, 3.05) is 0 Å². The van der Waals surface area contributed by atoms with Crippen molar-refractivity contribution in [3.63, 3.8) is 0 Å². The number of fused-ring (bicyclic) bond motifs is 3. The Morgan fingerprint density at radius 2 is 1.77 bits per heavy atom. The molecular weight excluding hydrogens is 156 g/mol. The Kier molecular flexibility index (Phi) is 1.61. The lowest BCUT2D eigenvalue weighted by molar-refractivity contribution is 0.283. The fraction of sp³-hybridized carbons (Fsp3) is 1.00. The lowest BCUT2D eigenvalue weighted by Gasteiger charge is -2.22. The zero-order chi connectivity index (χ0) is 9.05. The van der Waals surface area contributed by atoms with Gasteiger partial charge < -0.3 is 0 Å². The van der Waals surface area contributed by atoms with E-state index in [1.54, 1.807) is 32.1 Å². The van der Waals surface area contributed by atoms with Gasteiger partial charge in [0.1, 0.15) is 0 Å². The lowest BCUT2D eigenvalue weighted by Crippen LogP contribution is -2.13. The lowest BCUT2D eigenvalue weighted by atomic mass is 9.84. The third kappa shape index (κ3) is 1.17.